The van der Waals surface area contributed by atoms with Crippen molar-refractivity contribution in [3.05, 3.63) is 23.8 Å². The van der Waals surface area contributed by atoms with Gasteiger partial charge in [0.05, 0.1) is 20.3 Å². The molecule has 4 nitrogen and oxygen atoms in total. The first-order valence-electron chi connectivity index (χ1n) is 6.93. The number of morpholine rings is 1. The van der Waals surface area contributed by atoms with Gasteiger partial charge in [-0.3, -0.25) is 4.90 Å². The van der Waals surface area contributed by atoms with Gasteiger partial charge < -0.3 is 14.2 Å². The fraction of sp³-hybridized carbons (Fsp3) is 0.600. The van der Waals surface area contributed by atoms with Gasteiger partial charge in [-0.25, -0.2) is 0 Å². The molecule has 1 fully saturated rings. The van der Waals surface area contributed by atoms with Crippen molar-refractivity contribution in [2.75, 3.05) is 46.6 Å². The lowest BCUT2D eigenvalue weighted by Gasteiger charge is -2.26. The third kappa shape index (κ3) is 4.11. The van der Waals surface area contributed by atoms with Crippen molar-refractivity contribution in [1.82, 2.24) is 4.90 Å². The highest BCUT2D eigenvalue weighted by Gasteiger charge is 2.11. The van der Waals surface area contributed by atoms with Crippen molar-refractivity contribution >= 4 is 0 Å². The number of nitrogens with zero attached hydrogens (tertiary/aromatic N) is 1. The van der Waals surface area contributed by atoms with Gasteiger partial charge in [-0.15, -0.1) is 0 Å². The molecule has 0 aliphatic carbocycles. The fourth-order valence-electron chi connectivity index (χ4n) is 2.16. The summed E-state index contributed by atoms with van der Waals surface area (Å²) in [5.41, 5.74) is 1.26. The molecule has 4 heteroatoms. The molecule has 0 unspecified atom stereocenters. The monoisotopic (exact) mass is 265 g/mol. The van der Waals surface area contributed by atoms with Crippen LogP contribution in [-0.4, -0.2) is 51.5 Å². The van der Waals surface area contributed by atoms with Crippen LogP contribution < -0.4 is 9.47 Å². The standard InChI is InChI=1S/C15H23NO3/c1-3-13-4-5-14(15(12-13)17-2)19-11-8-16-6-9-18-10-7-16/h4-5,12H,3,6-11H2,1-2H3. The van der Waals surface area contributed by atoms with Crippen molar-refractivity contribution in [3.63, 3.8) is 0 Å². The van der Waals surface area contributed by atoms with E-state index in [1.165, 1.54) is 5.56 Å². The van der Waals surface area contributed by atoms with E-state index >= 15 is 0 Å². The highest BCUT2D eigenvalue weighted by Crippen LogP contribution is 2.28. The summed E-state index contributed by atoms with van der Waals surface area (Å²) in [5.74, 6) is 1.65. The van der Waals surface area contributed by atoms with Crippen LogP contribution in [0.3, 0.4) is 0 Å². The Kier molecular flexibility index (Phi) is 5.48. The normalized spacial score (nSPS) is 16.3. The molecule has 0 amide bonds. The highest BCUT2D eigenvalue weighted by atomic mass is 16.5. The van der Waals surface area contributed by atoms with Crippen molar-refractivity contribution < 1.29 is 14.2 Å². The Bertz CT molecular complexity index is 389. The highest BCUT2D eigenvalue weighted by molar-refractivity contribution is 5.42. The van der Waals surface area contributed by atoms with Crippen LogP contribution in [0.4, 0.5) is 0 Å². The maximum atomic E-state index is 5.82. The lowest BCUT2D eigenvalue weighted by atomic mass is 10.1. The van der Waals surface area contributed by atoms with E-state index in [0.717, 1.165) is 50.8 Å². The van der Waals surface area contributed by atoms with Crippen LogP contribution >= 0.6 is 0 Å². The summed E-state index contributed by atoms with van der Waals surface area (Å²) >= 11 is 0. The molecule has 0 N–H and O–H groups in total. The van der Waals surface area contributed by atoms with Crippen molar-refractivity contribution in [1.29, 1.82) is 0 Å². The molecule has 1 aliphatic heterocycles. The van der Waals surface area contributed by atoms with Gasteiger partial charge >= 0.3 is 0 Å². The summed E-state index contributed by atoms with van der Waals surface area (Å²) in [4.78, 5) is 2.36. The molecule has 1 aromatic carbocycles. The summed E-state index contributed by atoms with van der Waals surface area (Å²) in [6.07, 6.45) is 1.00. The van der Waals surface area contributed by atoms with Crippen molar-refractivity contribution in [3.8, 4) is 11.5 Å². The minimum atomic E-state index is 0.682. The van der Waals surface area contributed by atoms with Crippen molar-refractivity contribution in [2.24, 2.45) is 0 Å². The number of ether oxygens (including phenoxy) is 3. The van der Waals surface area contributed by atoms with Crippen LogP contribution in [0.5, 0.6) is 11.5 Å². The second kappa shape index (κ2) is 7.36. The number of hydrogen-bond acceptors (Lipinski definition) is 4. The summed E-state index contributed by atoms with van der Waals surface area (Å²) in [5, 5.41) is 0. The lowest BCUT2D eigenvalue weighted by Crippen LogP contribution is -2.38. The van der Waals surface area contributed by atoms with Gasteiger partial charge in [-0.2, -0.15) is 0 Å². The maximum absolute atomic E-state index is 5.82. The zero-order valence-electron chi connectivity index (χ0n) is 11.9. The Morgan fingerprint density at radius 3 is 2.68 bits per heavy atom. The van der Waals surface area contributed by atoms with E-state index in [4.69, 9.17) is 14.2 Å². The molecule has 1 aromatic rings. The van der Waals surface area contributed by atoms with E-state index in [0.29, 0.717) is 6.61 Å². The molecular weight excluding hydrogens is 242 g/mol. The van der Waals surface area contributed by atoms with Crippen LogP contribution in [0.1, 0.15) is 12.5 Å². The molecule has 106 valence electrons. The molecule has 1 aliphatic rings. The van der Waals surface area contributed by atoms with E-state index in [1.807, 2.05) is 12.1 Å². The predicted octanol–water partition coefficient (Wildman–Crippen LogP) is 1.97. The lowest BCUT2D eigenvalue weighted by molar-refractivity contribution is 0.0321. The predicted molar refractivity (Wildman–Crippen MR) is 75.1 cm³/mol. The van der Waals surface area contributed by atoms with Gasteiger partial charge in [0.25, 0.3) is 0 Å². The third-order valence-electron chi connectivity index (χ3n) is 3.41. The van der Waals surface area contributed by atoms with Crippen LogP contribution in [0.2, 0.25) is 0 Å². The Morgan fingerprint density at radius 2 is 2.00 bits per heavy atom. The van der Waals surface area contributed by atoms with E-state index in [9.17, 15) is 0 Å². The van der Waals surface area contributed by atoms with E-state index in [1.54, 1.807) is 7.11 Å². The quantitative estimate of drug-likeness (QED) is 0.787. The SMILES string of the molecule is CCc1ccc(OCCN2CCOCC2)c(OC)c1. The molecule has 2 rings (SSSR count). The van der Waals surface area contributed by atoms with E-state index < -0.39 is 0 Å². The Balaban J connectivity index is 1.84. The van der Waals surface area contributed by atoms with E-state index in [-0.39, 0.29) is 0 Å². The van der Waals surface area contributed by atoms with Gasteiger partial charge in [0.2, 0.25) is 0 Å². The summed E-state index contributed by atoms with van der Waals surface area (Å²) in [6.45, 7) is 7.39. The average Bonchev–Trinajstić information content (AvgIpc) is 2.48. The average molecular weight is 265 g/mol. The maximum Gasteiger partial charge on any atom is 0.161 e. The zero-order chi connectivity index (χ0) is 13.5. The number of aryl methyl sites for hydroxylation is 1. The number of benzene rings is 1. The smallest absolute Gasteiger partial charge is 0.161 e. The molecule has 0 aromatic heterocycles. The van der Waals surface area contributed by atoms with Gasteiger partial charge in [-0.1, -0.05) is 13.0 Å². The fourth-order valence-corrected chi connectivity index (χ4v) is 2.16. The van der Waals surface area contributed by atoms with Gasteiger partial charge in [0.15, 0.2) is 11.5 Å². The largest absolute Gasteiger partial charge is 0.493 e. The van der Waals surface area contributed by atoms with Gasteiger partial charge in [0, 0.05) is 19.6 Å². The Labute approximate surface area is 115 Å². The first-order chi connectivity index (χ1) is 9.33. The van der Waals surface area contributed by atoms with Crippen LogP contribution in [0, 0.1) is 0 Å². The van der Waals surface area contributed by atoms with Gasteiger partial charge in [-0.05, 0) is 24.1 Å². The summed E-state index contributed by atoms with van der Waals surface area (Å²) in [7, 11) is 1.68. The molecule has 0 atom stereocenters. The molecule has 0 radical (unpaired) electrons. The van der Waals surface area contributed by atoms with E-state index in [2.05, 4.69) is 17.9 Å². The van der Waals surface area contributed by atoms with Gasteiger partial charge in [0.1, 0.15) is 6.61 Å². The third-order valence-corrected chi connectivity index (χ3v) is 3.41. The zero-order valence-corrected chi connectivity index (χ0v) is 11.9. The molecule has 19 heavy (non-hydrogen) atoms. The second-order valence-corrected chi connectivity index (χ2v) is 4.64. The van der Waals surface area contributed by atoms with Crippen molar-refractivity contribution in [2.45, 2.75) is 13.3 Å². The first kappa shape index (κ1) is 14.2. The molecule has 0 saturated carbocycles. The molecule has 1 heterocycles. The Hall–Kier alpha value is -1.26. The summed E-state index contributed by atoms with van der Waals surface area (Å²) < 4.78 is 16.5. The van der Waals surface area contributed by atoms with Crippen LogP contribution in [0.25, 0.3) is 0 Å². The van der Waals surface area contributed by atoms with Crippen LogP contribution in [-0.2, 0) is 11.2 Å². The number of rotatable bonds is 6. The first-order valence-corrected chi connectivity index (χ1v) is 6.93. The molecule has 0 spiro atoms. The van der Waals surface area contributed by atoms with Crippen LogP contribution in [0.15, 0.2) is 18.2 Å². The molecular formula is C15H23NO3. The molecule has 1 saturated heterocycles. The summed E-state index contributed by atoms with van der Waals surface area (Å²) in [6, 6.07) is 6.13. The second-order valence-electron chi connectivity index (χ2n) is 4.64. The Morgan fingerprint density at radius 1 is 1.21 bits per heavy atom. The number of methoxy groups -OCH3 is 1. The minimum absolute atomic E-state index is 0.682. The number of hydrogen-bond donors (Lipinski definition) is 0. The molecule has 0 bridgehead atoms. The minimum Gasteiger partial charge on any atom is -0.493 e. The topological polar surface area (TPSA) is 30.9 Å².